The summed E-state index contributed by atoms with van der Waals surface area (Å²) in [5, 5.41) is 0. The van der Waals surface area contributed by atoms with E-state index >= 15 is 0 Å². The first-order valence-electron chi connectivity index (χ1n) is 6.96. The highest BCUT2D eigenvalue weighted by atomic mass is 16.6. The molecule has 0 aliphatic carbocycles. The lowest BCUT2D eigenvalue weighted by molar-refractivity contribution is -0.137. The summed E-state index contributed by atoms with van der Waals surface area (Å²) in [7, 11) is 1.61. The predicted octanol–water partition coefficient (Wildman–Crippen LogP) is 1.11. The Kier molecular flexibility index (Phi) is 5.16. The van der Waals surface area contributed by atoms with E-state index in [4.69, 9.17) is 9.57 Å². The number of nitrogens with one attached hydrogen (secondary N) is 1. The number of carbonyl (C=O) groups is 2. The van der Waals surface area contributed by atoms with E-state index in [9.17, 15) is 9.59 Å². The minimum atomic E-state index is -0.345. The molecule has 1 aromatic rings. The molecule has 0 saturated carbocycles. The van der Waals surface area contributed by atoms with Crippen LogP contribution in [0, 0.1) is 5.92 Å². The van der Waals surface area contributed by atoms with Crippen LogP contribution in [-0.4, -0.2) is 37.0 Å². The molecule has 114 valence electrons. The minimum Gasteiger partial charge on any atom is -0.497 e. The van der Waals surface area contributed by atoms with Crippen LogP contribution >= 0.6 is 0 Å². The zero-order valence-corrected chi connectivity index (χ0v) is 12.3. The molecule has 21 heavy (non-hydrogen) atoms. The Labute approximate surface area is 124 Å². The Hall–Kier alpha value is -2.08. The van der Waals surface area contributed by atoms with Crippen LogP contribution in [0.25, 0.3) is 0 Å². The molecule has 0 spiro atoms. The van der Waals surface area contributed by atoms with Crippen molar-refractivity contribution in [2.24, 2.45) is 5.92 Å². The SMILES string of the molecule is CCONC(=O)C1CC(=O)N(Cc2ccc(OC)cc2)C1. The van der Waals surface area contributed by atoms with E-state index in [1.54, 1.807) is 18.9 Å². The fourth-order valence-corrected chi connectivity index (χ4v) is 2.28. The quantitative estimate of drug-likeness (QED) is 0.798. The van der Waals surface area contributed by atoms with Crippen LogP contribution in [0.2, 0.25) is 0 Å². The summed E-state index contributed by atoms with van der Waals surface area (Å²) in [6.07, 6.45) is 0.231. The second kappa shape index (κ2) is 7.08. The Morgan fingerprint density at radius 1 is 1.38 bits per heavy atom. The molecular weight excluding hydrogens is 272 g/mol. The first kappa shape index (κ1) is 15.3. The number of methoxy groups -OCH3 is 1. The molecule has 0 radical (unpaired) electrons. The van der Waals surface area contributed by atoms with E-state index in [0.717, 1.165) is 11.3 Å². The number of hydrogen-bond acceptors (Lipinski definition) is 4. The number of amides is 2. The molecule has 6 heteroatoms. The summed E-state index contributed by atoms with van der Waals surface area (Å²) >= 11 is 0. The lowest BCUT2D eigenvalue weighted by Gasteiger charge is -2.16. The van der Waals surface area contributed by atoms with Gasteiger partial charge in [-0.15, -0.1) is 0 Å². The molecule has 0 aromatic heterocycles. The van der Waals surface area contributed by atoms with Gasteiger partial charge in [0.2, 0.25) is 11.8 Å². The van der Waals surface area contributed by atoms with Gasteiger partial charge in [0.1, 0.15) is 5.75 Å². The summed E-state index contributed by atoms with van der Waals surface area (Å²) in [5.41, 5.74) is 3.37. The van der Waals surface area contributed by atoms with Gasteiger partial charge in [-0.25, -0.2) is 5.48 Å². The molecule has 2 rings (SSSR count). The van der Waals surface area contributed by atoms with Gasteiger partial charge in [0.25, 0.3) is 0 Å². The summed E-state index contributed by atoms with van der Waals surface area (Å²) in [6, 6.07) is 7.55. The molecule has 1 N–H and O–H groups in total. The average molecular weight is 292 g/mol. The highest BCUT2D eigenvalue weighted by Gasteiger charge is 2.34. The number of carbonyl (C=O) groups excluding carboxylic acids is 2. The number of hydrogen-bond donors (Lipinski definition) is 1. The second-order valence-corrected chi connectivity index (χ2v) is 4.92. The number of likely N-dealkylation sites (tertiary alicyclic amines) is 1. The van der Waals surface area contributed by atoms with Crippen LogP contribution in [-0.2, 0) is 21.0 Å². The van der Waals surface area contributed by atoms with Crippen molar-refractivity contribution in [3.05, 3.63) is 29.8 Å². The third-order valence-electron chi connectivity index (χ3n) is 3.43. The number of hydroxylamine groups is 1. The third-order valence-corrected chi connectivity index (χ3v) is 3.43. The Balaban J connectivity index is 1.92. The van der Waals surface area contributed by atoms with Gasteiger partial charge in [0, 0.05) is 19.5 Å². The van der Waals surface area contributed by atoms with E-state index < -0.39 is 0 Å². The molecule has 1 aliphatic rings. The van der Waals surface area contributed by atoms with Gasteiger partial charge in [-0.1, -0.05) is 12.1 Å². The fraction of sp³-hybridized carbons (Fsp3) is 0.467. The molecule has 1 saturated heterocycles. The van der Waals surface area contributed by atoms with Crippen LogP contribution in [0.3, 0.4) is 0 Å². The van der Waals surface area contributed by atoms with Crippen molar-refractivity contribution in [2.45, 2.75) is 19.9 Å². The molecular formula is C15H20N2O4. The average Bonchev–Trinajstić information content (AvgIpc) is 2.87. The van der Waals surface area contributed by atoms with E-state index in [1.165, 1.54) is 0 Å². The maximum absolute atomic E-state index is 12.0. The Morgan fingerprint density at radius 3 is 2.71 bits per heavy atom. The molecule has 2 amide bonds. The lowest BCUT2D eigenvalue weighted by Crippen LogP contribution is -2.32. The molecule has 1 heterocycles. The summed E-state index contributed by atoms with van der Waals surface area (Å²) in [6.45, 7) is 3.11. The van der Waals surface area contributed by atoms with E-state index in [2.05, 4.69) is 5.48 Å². The minimum absolute atomic E-state index is 0.0116. The predicted molar refractivity (Wildman–Crippen MR) is 76.3 cm³/mol. The first-order valence-corrected chi connectivity index (χ1v) is 6.96. The van der Waals surface area contributed by atoms with Crippen LogP contribution in [0.5, 0.6) is 5.75 Å². The third kappa shape index (κ3) is 3.95. The van der Waals surface area contributed by atoms with Crippen LogP contribution in [0.1, 0.15) is 18.9 Å². The molecule has 1 aliphatic heterocycles. The van der Waals surface area contributed by atoms with Crippen molar-refractivity contribution in [3.8, 4) is 5.75 Å². The number of nitrogens with zero attached hydrogens (tertiary/aromatic N) is 1. The van der Waals surface area contributed by atoms with Gasteiger partial charge in [0.05, 0.1) is 19.6 Å². The smallest absolute Gasteiger partial charge is 0.248 e. The molecule has 1 fully saturated rings. The van der Waals surface area contributed by atoms with Crippen molar-refractivity contribution >= 4 is 11.8 Å². The first-order chi connectivity index (χ1) is 10.1. The zero-order valence-electron chi connectivity index (χ0n) is 12.3. The van der Waals surface area contributed by atoms with E-state index in [-0.39, 0.29) is 24.2 Å². The van der Waals surface area contributed by atoms with Gasteiger partial charge >= 0.3 is 0 Å². The molecule has 0 bridgehead atoms. The number of ether oxygens (including phenoxy) is 1. The molecule has 1 aromatic carbocycles. The maximum Gasteiger partial charge on any atom is 0.248 e. The van der Waals surface area contributed by atoms with Crippen molar-refractivity contribution in [3.63, 3.8) is 0 Å². The van der Waals surface area contributed by atoms with Crippen molar-refractivity contribution in [1.82, 2.24) is 10.4 Å². The second-order valence-electron chi connectivity index (χ2n) is 4.92. The molecule has 6 nitrogen and oxygen atoms in total. The summed E-state index contributed by atoms with van der Waals surface area (Å²) < 4.78 is 5.10. The van der Waals surface area contributed by atoms with Crippen molar-refractivity contribution in [1.29, 1.82) is 0 Å². The number of rotatable bonds is 6. The van der Waals surface area contributed by atoms with Gasteiger partial charge in [-0.3, -0.25) is 14.4 Å². The monoisotopic (exact) mass is 292 g/mol. The van der Waals surface area contributed by atoms with Gasteiger partial charge in [0.15, 0.2) is 0 Å². The van der Waals surface area contributed by atoms with Gasteiger partial charge in [-0.05, 0) is 24.6 Å². The van der Waals surface area contributed by atoms with Crippen molar-refractivity contribution < 1.29 is 19.2 Å². The van der Waals surface area contributed by atoms with Crippen molar-refractivity contribution in [2.75, 3.05) is 20.3 Å². The summed E-state index contributed by atoms with van der Waals surface area (Å²) in [4.78, 5) is 30.3. The Bertz CT molecular complexity index is 501. The largest absolute Gasteiger partial charge is 0.497 e. The van der Waals surface area contributed by atoms with Crippen LogP contribution in [0.4, 0.5) is 0 Å². The lowest BCUT2D eigenvalue weighted by atomic mass is 10.1. The summed E-state index contributed by atoms with van der Waals surface area (Å²) in [5.74, 6) is 0.188. The van der Waals surface area contributed by atoms with Crippen LogP contribution in [0.15, 0.2) is 24.3 Å². The van der Waals surface area contributed by atoms with E-state index in [1.807, 2.05) is 24.3 Å². The highest BCUT2D eigenvalue weighted by Crippen LogP contribution is 2.21. The topological polar surface area (TPSA) is 67.9 Å². The maximum atomic E-state index is 12.0. The number of benzene rings is 1. The molecule has 1 unspecified atom stereocenters. The van der Waals surface area contributed by atoms with Crippen LogP contribution < -0.4 is 10.2 Å². The highest BCUT2D eigenvalue weighted by molar-refractivity contribution is 5.88. The fourth-order valence-electron chi connectivity index (χ4n) is 2.28. The van der Waals surface area contributed by atoms with Gasteiger partial charge < -0.3 is 9.64 Å². The normalized spacial score (nSPS) is 17.9. The van der Waals surface area contributed by atoms with Gasteiger partial charge in [-0.2, -0.15) is 0 Å². The standard InChI is InChI=1S/C15H20N2O4/c1-3-21-16-15(19)12-8-14(18)17(10-12)9-11-4-6-13(20-2)7-5-11/h4-7,12H,3,8-10H2,1-2H3,(H,16,19). The Morgan fingerprint density at radius 2 is 2.10 bits per heavy atom. The molecule has 1 atom stereocenters. The van der Waals surface area contributed by atoms with E-state index in [0.29, 0.717) is 19.7 Å². The zero-order chi connectivity index (χ0) is 15.2.